The molecule has 0 radical (unpaired) electrons. The van der Waals surface area contributed by atoms with E-state index in [1.54, 1.807) is 7.05 Å². The Labute approximate surface area is 92.4 Å². The summed E-state index contributed by atoms with van der Waals surface area (Å²) in [5.41, 5.74) is 0.178. The Kier molecular flexibility index (Phi) is 3.97. The van der Waals surface area contributed by atoms with E-state index >= 15 is 0 Å². The summed E-state index contributed by atoms with van der Waals surface area (Å²) in [4.78, 5) is 13.5. The predicted octanol–water partition coefficient (Wildman–Crippen LogP) is 0.893. The van der Waals surface area contributed by atoms with Gasteiger partial charge in [0.2, 0.25) is 0 Å². The average Bonchev–Trinajstić information content (AvgIpc) is 2.62. The number of carbonyl (C=O) groups excluding carboxylic acids is 1. The van der Waals surface area contributed by atoms with E-state index in [2.05, 4.69) is 36.4 Å². The van der Waals surface area contributed by atoms with Crippen LogP contribution in [0.5, 0.6) is 0 Å². The van der Waals surface area contributed by atoms with E-state index in [0.29, 0.717) is 5.92 Å². The fraction of sp³-hybridized carbons (Fsp3) is 0.909. The fourth-order valence-electron chi connectivity index (χ4n) is 2.11. The lowest BCUT2D eigenvalue weighted by molar-refractivity contribution is 0.199. The van der Waals surface area contributed by atoms with Crippen molar-refractivity contribution in [1.29, 1.82) is 0 Å². The van der Waals surface area contributed by atoms with Crippen molar-refractivity contribution in [3.05, 3.63) is 0 Å². The van der Waals surface area contributed by atoms with E-state index in [4.69, 9.17) is 0 Å². The third kappa shape index (κ3) is 3.38. The number of nitrogens with zero attached hydrogens (tertiary/aromatic N) is 1. The first-order valence-electron chi connectivity index (χ1n) is 5.60. The second-order valence-corrected chi connectivity index (χ2v) is 5.17. The van der Waals surface area contributed by atoms with Gasteiger partial charge in [-0.1, -0.05) is 13.8 Å². The van der Waals surface area contributed by atoms with E-state index in [1.807, 2.05) is 0 Å². The summed E-state index contributed by atoms with van der Waals surface area (Å²) < 4.78 is 0. The number of nitrogens with one attached hydrogen (secondary N) is 2. The van der Waals surface area contributed by atoms with Gasteiger partial charge in [0, 0.05) is 20.1 Å². The first-order chi connectivity index (χ1) is 6.95. The Balaban J connectivity index is 2.40. The summed E-state index contributed by atoms with van der Waals surface area (Å²) in [5.74, 6) is 0.680. The van der Waals surface area contributed by atoms with Crippen LogP contribution in [0, 0.1) is 11.3 Å². The Hall–Kier alpha value is -0.770. The molecule has 0 saturated carbocycles. The molecule has 1 fully saturated rings. The second kappa shape index (κ2) is 4.84. The zero-order valence-electron chi connectivity index (χ0n) is 10.3. The molecule has 1 rings (SSSR count). The van der Waals surface area contributed by atoms with E-state index in [0.717, 1.165) is 13.1 Å². The van der Waals surface area contributed by atoms with Gasteiger partial charge in [-0.15, -0.1) is 0 Å². The van der Waals surface area contributed by atoms with Crippen LogP contribution >= 0.6 is 0 Å². The molecular formula is C11H23N3O. The van der Waals surface area contributed by atoms with Crippen molar-refractivity contribution in [2.45, 2.75) is 20.3 Å². The Bertz CT molecular complexity index is 228. The molecule has 0 aromatic carbocycles. The van der Waals surface area contributed by atoms with E-state index < -0.39 is 0 Å². The van der Waals surface area contributed by atoms with Crippen molar-refractivity contribution in [2.75, 3.05) is 33.7 Å². The molecule has 0 aliphatic carbocycles. The number of likely N-dealkylation sites (tertiary alicyclic amines) is 1. The van der Waals surface area contributed by atoms with Crippen LogP contribution in [-0.4, -0.2) is 44.7 Å². The zero-order chi connectivity index (χ0) is 11.5. The van der Waals surface area contributed by atoms with E-state index in [-0.39, 0.29) is 11.4 Å². The highest BCUT2D eigenvalue weighted by atomic mass is 16.2. The minimum atomic E-state index is -0.0885. The van der Waals surface area contributed by atoms with E-state index in [9.17, 15) is 4.79 Å². The van der Waals surface area contributed by atoms with Crippen LogP contribution in [-0.2, 0) is 0 Å². The Morgan fingerprint density at radius 3 is 2.67 bits per heavy atom. The van der Waals surface area contributed by atoms with Gasteiger partial charge in [-0.05, 0) is 31.3 Å². The number of carbonyl (C=O) groups is 1. The summed E-state index contributed by atoms with van der Waals surface area (Å²) in [5, 5.41) is 5.47. The number of amides is 2. The topological polar surface area (TPSA) is 44.4 Å². The standard InChI is InChI=1S/C11H23N3O/c1-11(2,8-13-10(15)12-3)9-5-6-14(4)7-9/h9H,5-8H2,1-4H3,(H2,12,13,15). The van der Waals surface area contributed by atoms with Crippen molar-refractivity contribution in [3.63, 3.8) is 0 Å². The SMILES string of the molecule is CNC(=O)NCC(C)(C)C1CCN(C)C1. The van der Waals surface area contributed by atoms with Gasteiger partial charge >= 0.3 is 6.03 Å². The van der Waals surface area contributed by atoms with Gasteiger partial charge in [0.05, 0.1) is 0 Å². The van der Waals surface area contributed by atoms with Crippen molar-refractivity contribution < 1.29 is 4.79 Å². The molecular weight excluding hydrogens is 190 g/mol. The zero-order valence-corrected chi connectivity index (χ0v) is 10.3. The molecule has 0 aromatic rings. The summed E-state index contributed by atoms with van der Waals surface area (Å²) in [7, 11) is 3.80. The van der Waals surface area contributed by atoms with Crippen molar-refractivity contribution in [1.82, 2.24) is 15.5 Å². The van der Waals surface area contributed by atoms with Gasteiger partial charge in [-0.25, -0.2) is 4.79 Å². The summed E-state index contributed by atoms with van der Waals surface area (Å²) in [6, 6.07) is -0.0885. The van der Waals surface area contributed by atoms with Crippen LogP contribution in [0.2, 0.25) is 0 Å². The highest BCUT2D eigenvalue weighted by Crippen LogP contribution is 2.32. The Morgan fingerprint density at radius 1 is 1.53 bits per heavy atom. The van der Waals surface area contributed by atoms with Crippen LogP contribution in [0.25, 0.3) is 0 Å². The van der Waals surface area contributed by atoms with Gasteiger partial charge in [-0.2, -0.15) is 0 Å². The molecule has 2 N–H and O–H groups in total. The van der Waals surface area contributed by atoms with Crippen LogP contribution in [0.1, 0.15) is 20.3 Å². The molecule has 4 nitrogen and oxygen atoms in total. The van der Waals surface area contributed by atoms with E-state index in [1.165, 1.54) is 13.0 Å². The maximum atomic E-state index is 11.1. The third-order valence-electron chi connectivity index (χ3n) is 3.43. The highest BCUT2D eigenvalue weighted by Gasteiger charge is 2.33. The van der Waals surface area contributed by atoms with Crippen LogP contribution in [0.15, 0.2) is 0 Å². The number of hydrogen-bond acceptors (Lipinski definition) is 2. The molecule has 0 aromatic heterocycles. The quantitative estimate of drug-likeness (QED) is 0.731. The van der Waals surface area contributed by atoms with Gasteiger partial charge < -0.3 is 15.5 Å². The number of rotatable bonds is 3. The molecule has 88 valence electrons. The third-order valence-corrected chi connectivity index (χ3v) is 3.43. The molecule has 15 heavy (non-hydrogen) atoms. The molecule has 1 heterocycles. The fourth-order valence-corrected chi connectivity index (χ4v) is 2.11. The molecule has 4 heteroatoms. The van der Waals surface area contributed by atoms with Crippen molar-refractivity contribution in [3.8, 4) is 0 Å². The summed E-state index contributed by atoms with van der Waals surface area (Å²) in [6.07, 6.45) is 1.24. The van der Waals surface area contributed by atoms with Crippen molar-refractivity contribution in [2.24, 2.45) is 11.3 Å². The van der Waals surface area contributed by atoms with Gasteiger partial charge in [0.1, 0.15) is 0 Å². The maximum absolute atomic E-state index is 11.1. The van der Waals surface area contributed by atoms with Crippen LogP contribution in [0.3, 0.4) is 0 Å². The second-order valence-electron chi connectivity index (χ2n) is 5.17. The number of hydrogen-bond donors (Lipinski definition) is 2. The first kappa shape index (κ1) is 12.3. The Morgan fingerprint density at radius 2 is 2.20 bits per heavy atom. The van der Waals surface area contributed by atoms with Crippen molar-refractivity contribution >= 4 is 6.03 Å². The lowest BCUT2D eigenvalue weighted by atomic mass is 9.78. The normalized spacial score (nSPS) is 22.8. The van der Waals surface area contributed by atoms with Crippen LogP contribution < -0.4 is 10.6 Å². The lowest BCUT2D eigenvalue weighted by Gasteiger charge is -2.31. The minimum Gasteiger partial charge on any atom is -0.341 e. The van der Waals surface area contributed by atoms with Gasteiger partial charge in [0.25, 0.3) is 0 Å². The molecule has 1 aliphatic heterocycles. The predicted molar refractivity (Wildman–Crippen MR) is 61.8 cm³/mol. The molecule has 1 atom stereocenters. The van der Waals surface area contributed by atoms with Gasteiger partial charge in [0.15, 0.2) is 0 Å². The molecule has 1 saturated heterocycles. The molecule has 1 aliphatic rings. The first-order valence-corrected chi connectivity index (χ1v) is 5.60. The summed E-state index contributed by atoms with van der Waals surface area (Å²) >= 11 is 0. The van der Waals surface area contributed by atoms with Crippen LogP contribution in [0.4, 0.5) is 4.79 Å². The smallest absolute Gasteiger partial charge is 0.314 e. The number of urea groups is 1. The average molecular weight is 213 g/mol. The summed E-state index contributed by atoms with van der Waals surface area (Å²) in [6.45, 7) is 7.52. The maximum Gasteiger partial charge on any atom is 0.314 e. The monoisotopic (exact) mass is 213 g/mol. The molecule has 0 bridgehead atoms. The highest BCUT2D eigenvalue weighted by molar-refractivity contribution is 5.73. The molecule has 0 spiro atoms. The lowest BCUT2D eigenvalue weighted by Crippen LogP contribution is -2.42. The minimum absolute atomic E-state index is 0.0885. The largest absolute Gasteiger partial charge is 0.341 e. The molecule has 1 unspecified atom stereocenters. The van der Waals surface area contributed by atoms with Gasteiger partial charge in [-0.3, -0.25) is 0 Å². The molecule has 2 amide bonds.